The third-order valence-electron chi connectivity index (χ3n) is 2.21. The fourth-order valence-corrected chi connectivity index (χ4v) is 1.47. The molecule has 0 heterocycles. The number of rotatable bonds is 1. The summed E-state index contributed by atoms with van der Waals surface area (Å²) in [6, 6.07) is 0. The van der Waals surface area contributed by atoms with Gasteiger partial charge in [0.05, 0.1) is 0 Å². The van der Waals surface area contributed by atoms with Gasteiger partial charge in [-0.3, -0.25) is 0 Å². The van der Waals surface area contributed by atoms with Crippen LogP contribution in [-0.2, 0) is 0 Å². The molecule has 0 aliphatic rings. The Hall–Kier alpha value is 1.10. The molecule has 0 aromatic rings. The van der Waals surface area contributed by atoms with Crippen LogP contribution in [0.1, 0.15) is 20.8 Å². The van der Waals surface area contributed by atoms with Crippen LogP contribution in [0.3, 0.4) is 0 Å². The van der Waals surface area contributed by atoms with Crippen LogP contribution in [-0.4, -0.2) is 8.07 Å². The molecule has 0 nitrogen and oxygen atoms in total. The van der Waals surface area contributed by atoms with Crippen LogP contribution < -0.4 is 18.9 Å². The van der Waals surface area contributed by atoms with E-state index in [1.807, 2.05) is 5.50 Å². The first-order valence-corrected chi connectivity index (χ1v) is 6.77. The molecule has 56 valence electrons. The van der Waals surface area contributed by atoms with E-state index >= 15 is 0 Å². The molecule has 0 saturated carbocycles. The molecule has 0 amide bonds. The van der Waals surface area contributed by atoms with Crippen molar-refractivity contribution in [1.82, 2.24) is 0 Å². The molecule has 0 saturated heterocycles. The van der Waals surface area contributed by atoms with Crippen molar-refractivity contribution in [2.45, 2.75) is 38.9 Å². The first kappa shape index (κ1) is 13.7. The second-order valence-electron chi connectivity index (χ2n) is 4.08. The summed E-state index contributed by atoms with van der Waals surface area (Å²) in [5, 5.41) is 0.398. The third-order valence-corrected chi connectivity index (χ3v) is 8.25. The van der Waals surface area contributed by atoms with E-state index in [0.717, 1.165) is 0 Å². The molecule has 0 rings (SSSR count). The molecule has 0 aromatic carbocycles. The van der Waals surface area contributed by atoms with E-state index in [0.29, 0.717) is 5.04 Å². The van der Waals surface area contributed by atoms with Crippen LogP contribution in [0, 0.1) is 5.50 Å². The zero-order chi connectivity index (χ0) is 7.71. The molecule has 0 N–H and O–H groups in total. The van der Waals surface area contributed by atoms with Gasteiger partial charge in [0.15, 0.2) is 0 Å². The average Bonchev–Trinajstić information content (AvgIpc) is 1.64. The predicted octanol–water partition coefficient (Wildman–Crippen LogP) is 0.439. The standard InChI is InChI=1S/C7H16ClSi.Li/c1-7(2,3)9(4,5)6-8;/h6H,1-5H3;/q-1;+1. The number of halogens is 1. The van der Waals surface area contributed by atoms with E-state index in [1.54, 1.807) is 0 Å². The first-order chi connectivity index (χ1) is 3.81. The Morgan fingerprint density at radius 3 is 1.50 bits per heavy atom. The van der Waals surface area contributed by atoms with Crippen molar-refractivity contribution in [1.29, 1.82) is 0 Å². The Labute approximate surface area is 82.9 Å². The van der Waals surface area contributed by atoms with Gasteiger partial charge in [0.25, 0.3) is 0 Å². The van der Waals surface area contributed by atoms with Crippen LogP contribution in [0.5, 0.6) is 0 Å². The van der Waals surface area contributed by atoms with Gasteiger partial charge in [-0.15, -0.1) is 0 Å². The van der Waals surface area contributed by atoms with E-state index < -0.39 is 8.07 Å². The summed E-state index contributed by atoms with van der Waals surface area (Å²) in [5.74, 6) is 0. The van der Waals surface area contributed by atoms with Crippen molar-refractivity contribution >= 4 is 19.7 Å². The normalized spacial score (nSPS) is 12.6. The maximum Gasteiger partial charge on any atom is 1.00 e. The molecular weight excluding hydrogens is 155 g/mol. The second-order valence-corrected chi connectivity index (χ2v) is 9.90. The molecule has 0 fully saturated rings. The van der Waals surface area contributed by atoms with Crippen molar-refractivity contribution in [3.8, 4) is 0 Å². The van der Waals surface area contributed by atoms with Gasteiger partial charge >= 0.3 is 18.9 Å². The molecule has 0 atom stereocenters. The van der Waals surface area contributed by atoms with Crippen molar-refractivity contribution in [2.75, 3.05) is 0 Å². The largest absolute Gasteiger partial charge is 1.00 e. The van der Waals surface area contributed by atoms with Crippen molar-refractivity contribution in [2.24, 2.45) is 0 Å². The third kappa shape index (κ3) is 3.48. The maximum atomic E-state index is 5.71. The number of hydrogen-bond acceptors (Lipinski definition) is 0. The maximum absolute atomic E-state index is 5.71. The van der Waals surface area contributed by atoms with Crippen molar-refractivity contribution < 1.29 is 18.9 Å². The summed E-state index contributed by atoms with van der Waals surface area (Å²) in [7, 11) is -1.24. The molecule has 0 aliphatic heterocycles. The average molecular weight is 171 g/mol. The molecule has 0 aliphatic carbocycles. The van der Waals surface area contributed by atoms with Gasteiger partial charge < -0.3 is 11.6 Å². The predicted molar refractivity (Wildman–Crippen MR) is 47.4 cm³/mol. The van der Waals surface area contributed by atoms with Gasteiger partial charge in [0.2, 0.25) is 0 Å². The van der Waals surface area contributed by atoms with E-state index in [-0.39, 0.29) is 18.9 Å². The van der Waals surface area contributed by atoms with Crippen LogP contribution in [0.4, 0.5) is 0 Å². The Morgan fingerprint density at radius 1 is 1.20 bits per heavy atom. The van der Waals surface area contributed by atoms with Gasteiger partial charge in [-0.1, -0.05) is 47.0 Å². The molecule has 0 unspecified atom stereocenters. The topological polar surface area (TPSA) is 0 Å². The fourth-order valence-electron chi connectivity index (χ4n) is 0.164. The van der Waals surface area contributed by atoms with Crippen molar-refractivity contribution in [3.63, 3.8) is 0 Å². The minimum absolute atomic E-state index is 0. The minimum Gasteiger partial charge on any atom is -0.351 e. The molecule has 0 aromatic heterocycles. The zero-order valence-corrected chi connectivity index (χ0v) is 9.71. The van der Waals surface area contributed by atoms with Crippen LogP contribution in [0.15, 0.2) is 0 Å². The van der Waals surface area contributed by atoms with Gasteiger partial charge in [0.1, 0.15) is 0 Å². The Kier molecular flexibility index (Phi) is 5.76. The summed E-state index contributed by atoms with van der Waals surface area (Å²) < 4.78 is 0. The molecule has 0 spiro atoms. The van der Waals surface area contributed by atoms with E-state index in [4.69, 9.17) is 11.6 Å². The summed E-state index contributed by atoms with van der Waals surface area (Å²) in [6.45, 7) is 11.3. The Balaban J connectivity index is 0. The summed E-state index contributed by atoms with van der Waals surface area (Å²) in [5.41, 5.74) is 1.88. The SMILES string of the molecule is CC(C)(C)[Si](C)(C)[CH-]Cl.[Li+]. The van der Waals surface area contributed by atoms with Gasteiger partial charge in [-0.2, -0.15) is 0 Å². The number of hydrogen-bond donors (Lipinski definition) is 0. The van der Waals surface area contributed by atoms with Crippen LogP contribution in [0.2, 0.25) is 18.1 Å². The van der Waals surface area contributed by atoms with Crippen LogP contribution >= 0.6 is 11.6 Å². The molecule has 0 radical (unpaired) electrons. The molecule has 0 bridgehead atoms. The Bertz CT molecular complexity index is 96.3. The molecular formula is C7H16ClLiSi. The van der Waals surface area contributed by atoms with Gasteiger partial charge in [-0.25, -0.2) is 5.50 Å². The Morgan fingerprint density at radius 2 is 1.50 bits per heavy atom. The summed E-state index contributed by atoms with van der Waals surface area (Å²) in [4.78, 5) is 0. The smallest absolute Gasteiger partial charge is 0.351 e. The zero-order valence-electron chi connectivity index (χ0n) is 7.96. The molecule has 3 heteroatoms. The summed E-state index contributed by atoms with van der Waals surface area (Å²) in [6.07, 6.45) is 0. The van der Waals surface area contributed by atoms with E-state index in [9.17, 15) is 0 Å². The second kappa shape index (κ2) is 4.21. The first-order valence-electron chi connectivity index (χ1n) is 3.26. The van der Waals surface area contributed by atoms with E-state index in [2.05, 4.69) is 33.9 Å². The van der Waals surface area contributed by atoms with E-state index in [1.165, 1.54) is 0 Å². The summed E-state index contributed by atoms with van der Waals surface area (Å²) >= 11 is 5.71. The van der Waals surface area contributed by atoms with Gasteiger partial charge in [-0.05, 0) is 0 Å². The van der Waals surface area contributed by atoms with Gasteiger partial charge in [0, 0.05) is 0 Å². The van der Waals surface area contributed by atoms with Crippen LogP contribution in [0.25, 0.3) is 0 Å². The fraction of sp³-hybridized carbons (Fsp3) is 0.857. The molecule has 10 heavy (non-hydrogen) atoms. The minimum atomic E-state index is -1.24. The quantitative estimate of drug-likeness (QED) is 0.396. The van der Waals surface area contributed by atoms with Crippen molar-refractivity contribution in [3.05, 3.63) is 5.50 Å². The monoisotopic (exact) mass is 170 g/mol.